The van der Waals surface area contributed by atoms with Gasteiger partial charge < -0.3 is 24.6 Å². The fourth-order valence-electron chi connectivity index (χ4n) is 3.95. The molecule has 1 aliphatic heterocycles. The maximum Gasteiger partial charge on any atom is 0.354 e. The van der Waals surface area contributed by atoms with Crippen LogP contribution < -0.4 is 0 Å². The normalized spacial score (nSPS) is 18.1. The number of aliphatic hydroxyl groups is 1. The Morgan fingerprint density at radius 3 is 2.42 bits per heavy atom. The minimum atomic E-state index is -0.746. The highest BCUT2D eigenvalue weighted by molar-refractivity contribution is 6.46. The average Bonchev–Trinajstić information content (AvgIpc) is 3.18. The van der Waals surface area contributed by atoms with Crippen LogP contribution in [0.3, 0.4) is 0 Å². The Morgan fingerprint density at radius 2 is 1.84 bits per heavy atom. The molecular formula is C23H27N3O5. The second-order valence-corrected chi connectivity index (χ2v) is 7.82. The van der Waals surface area contributed by atoms with Crippen molar-refractivity contribution in [3.8, 4) is 0 Å². The molecule has 8 nitrogen and oxygen atoms in total. The fourth-order valence-corrected chi connectivity index (χ4v) is 3.95. The lowest BCUT2D eigenvalue weighted by Crippen LogP contribution is -2.35. The first kappa shape index (κ1) is 22.3. The van der Waals surface area contributed by atoms with Gasteiger partial charge in [0, 0.05) is 24.3 Å². The molecule has 1 amide bonds. The third kappa shape index (κ3) is 3.98. The first-order valence-electron chi connectivity index (χ1n) is 9.95. The number of ketones is 1. The van der Waals surface area contributed by atoms with Gasteiger partial charge in [-0.3, -0.25) is 9.59 Å². The van der Waals surface area contributed by atoms with E-state index in [4.69, 9.17) is 4.74 Å². The van der Waals surface area contributed by atoms with Crippen LogP contribution in [-0.4, -0.2) is 71.8 Å². The summed E-state index contributed by atoms with van der Waals surface area (Å²) in [5.74, 6) is -2.28. The number of likely N-dealkylation sites (N-methyl/N-ethyl adjacent to an activating group) is 1. The van der Waals surface area contributed by atoms with Crippen molar-refractivity contribution < 1.29 is 24.2 Å². The van der Waals surface area contributed by atoms with E-state index in [0.29, 0.717) is 29.9 Å². The van der Waals surface area contributed by atoms with Gasteiger partial charge in [0.25, 0.3) is 11.7 Å². The monoisotopic (exact) mass is 425 g/mol. The first-order chi connectivity index (χ1) is 14.7. The molecule has 0 radical (unpaired) electrons. The lowest BCUT2D eigenvalue weighted by Gasteiger charge is -2.26. The van der Waals surface area contributed by atoms with Crippen LogP contribution in [0.5, 0.6) is 0 Å². The number of amides is 1. The summed E-state index contributed by atoms with van der Waals surface area (Å²) in [6, 6.07) is 8.41. The number of hydrogen-bond donors (Lipinski definition) is 2. The first-order valence-corrected chi connectivity index (χ1v) is 9.95. The molecule has 1 saturated heterocycles. The predicted octanol–water partition coefficient (Wildman–Crippen LogP) is 2.40. The number of nitrogens with zero attached hydrogens (tertiary/aromatic N) is 2. The smallest absolute Gasteiger partial charge is 0.354 e. The number of ether oxygens (including phenoxy) is 1. The van der Waals surface area contributed by atoms with Crippen molar-refractivity contribution >= 4 is 23.4 Å². The van der Waals surface area contributed by atoms with Crippen molar-refractivity contribution in [2.45, 2.75) is 19.9 Å². The molecule has 2 N–H and O–H groups in total. The number of rotatable bonds is 6. The number of esters is 1. The molecule has 0 spiro atoms. The van der Waals surface area contributed by atoms with Crippen LogP contribution in [0.1, 0.15) is 38.9 Å². The molecule has 0 saturated carbocycles. The lowest BCUT2D eigenvalue weighted by molar-refractivity contribution is -0.140. The Hall–Kier alpha value is -3.39. The second kappa shape index (κ2) is 8.77. The summed E-state index contributed by atoms with van der Waals surface area (Å²) in [7, 11) is 5.03. The van der Waals surface area contributed by atoms with Gasteiger partial charge in [0.2, 0.25) is 0 Å². The molecule has 1 aliphatic rings. The van der Waals surface area contributed by atoms with Crippen molar-refractivity contribution in [3.63, 3.8) is 0 Å². The van der Waals surface area contributed by atoms with Crippen LogP contribution in [0.25, 0.3) is 5.76 Å². The molecule has 0 unspecified atom stereocenters. The number of H-pyrrole nitrogens is 1. The molecule has 1 aromatic carbocycles. The zero-order valence-electron chi connectivity index (χ0n) is 18.4. The number of Topliss-reactive ketones (excluding diaryl/α,β-unsaturated/α-hetero) is 1. The summed E-state index contributed by atoms with van der Waals surface area (Å²) >= 11 is 0. The van der Waals surface area contributed by atoms with Gasteiger partial charge in [-0.1, -0.05) is 30.3 Å². The quantitative estimate of drug-likeness (QED) is 0.319. The Bertz CT molecular complexity index is 1050. The zero-order chi connectivity index (χ0) is 22.9. The molecule has 8 heteroatoms. The molecular weight excluding hydrogens is 398 g/mol. The van der Waals surface area contributed by atoms with E-state index in [0.717, 1.165) is 5.56 Å². The Morgan fingerprint density at radius 1 is 1.19 bits per heavy atom. The summed E-state index contributed by atoms with van der Waals surface area (Å²) in [4.78, 5) is 44.3. The summed E-state index contributed by atoms with van der Waals surface area (Å²) in [5.41, 5.74) is 2.21. The van der Waals surface area contributed by atoms with Crippen molar-refractivity contribution in [1.82, 2.24) is 14.8 Å². The predicted molar refractivity (Wildman–Crippen MR) is 116 cm³/mol. The third-order valence-electron chi connectivity index (χ3n) is 5.51. The number of aromatic nitrogens is 1. The number of benzene rings is 1. The van der Waals surface area contributed by atoms with Crippen LogP contribution in [0, 0.1) is 13.8 Å². The van der Waals surface area contributed by atoms with Gasteiger partial charge >= 0.3 is 5.97 Å². The molecule has 1 atom stereocenters. The standard InChI is InChI=1S/C23H27N3O5/c1-13-16(14(2)24-18(13)23(30)31-5)20(27)17-19(15-9-7-6-8-10-15)26(12-11-25(3)4)22(29)21(17)28/h6-10,19,24,27H,11-12H2,1-5H3/b20-17+/t19-/m1/s1. The number of aliphatic hydroxyl groups excluding tert-OH is 1. The molecule has 1 fully saturated rings. The number of hydrogen-bond acceptors (Lipinski definition) is 6. The number of methoxy groups -OCH3 is 1. The number of aryl methyl sites for hydroxylation is 1. The molecule has 31 heavy (non-hydrogen) atoms. The van der Waals surface area contributed by atoms with E-state index < -0.39 is 23.7 Å². The summed E-state index contributed by atoms with van der Waals surface area (Å²) < 4.78 is 4.79. The third-order valence-corrected chi connectivity index (χ3v) is 5.51. The number of carbonyl (C=O) groups is 3. The van der Waals surface area contributed by atoms with Crippen LogP contribution >= 0.6 is 0 Å². The van der Waals surface area contributed by atoms with E-state index in [1.54, 1.807) is 13.8 Å². The Labute approximate surface area is 181 Å². The van der Waals surface area contributed by atoms with Gasteiger partial charge in [-0.15, -0.1) is 0 Å². The highest BCUT2D eigenvalue weighted by Gasteiger charge is 2.46. The number of likely N-dealkylation sites (tertiary alicyclic amines) is 1. The van der Waals surface area contributed by atoms with Gasteiger partial charge in [-0.2, -0.15) is 0 Å². The summed E-state index contributed by atoms with van der Waals surface area (Å²) in [6.45, 7) is 4.23. The fraction of sp³-hybridized carbons (Fsp3) is 0.348. The molecule has 0 aliphatic carbocycles. The lowest BCUT2D eigenvalue weighted by atomic mass is 9.94. The molecule has 0 bridgehead atoms. The minimum absolute atomic E-state index is 0.0107. The SMILES string of the molecule is COC(=O)c1[nH]c(C)c(/C(O)=C2\C(=O)C(=O)N(CCN(C)C)[C@@H]2c2ccccc2)c1C. The Balaban J connectivity index is 2.20. The van der Waals surface area contributed by atoms with Crippen LogP contribution in [0.15, 0.2) is 35.9 Å². The molecule has 2 aromatic rings. The van der Waals surface area contributed by atoms with Crippen molar-refractivity contribution in [1.29, 1.82) is 0 Å². The van der Waals surface area contributed by atoms with Gasteiger partial charge in [-0.05, 0) is 39.1 Å². The van der Waals surface area contributed by atoms with Crippen LogP contribution in [0.4, 0.5) is 0 Å². The number of carbonyl (C=O) groups excluding carboxylic acids is 3. The van der Waals surface area contributed by atoms with Gasteiger partial charge in [0.1, 0.15) is 11.5 Å². The van der Waals surface area contributed by atoms with Gasteiger partial charge in [0.05, 0.1) is 18.7 Å². The molecule has 2 heterocycles. The maximum absolute atomic E-state index is 13.1. The Kier molecular flexibility index (Phi) is 6.31. The van der Waals surface area contributed by atoms with E-state index in [2.05, 4.69) is 4.98 Å². The molecule has 1 aromatic heterocycles. The van der Waals surface area contributed by atoms with Gasteiger partial charge in [0.15, 0.2) is 0 Å². The molecule has 164 valence electrons. The minimum Gasteiger partial charge on any atom is -0.507 e. The second-order valence-electron chi connectivity index (χ2n) is 7.82. The average molecular weight is 425 g/mol. The summed E-state index contributed by atoms with van der Waals surface area (Å²) in [5, 5.41) is 11.3. The van der Waals surface area contributed by atoms with E-state index in [1.807, 2.05) is 49.3 Å². The number of aromatic amines is 1. The molecule has 3 rings (SSSR count). The van der Waals surface area contributed by atoms with Crippen molar-refractivity contribution in [2.24, 2.45) is 0 Å². The van der Waals surface area contributed by atoms with E-state index in [9.17, 15) is 19.5 Å². The van der Waals surface area contributed by atoms with Crippen molar-refractivity contribution in [3.05, 3.63) is 64.0 Å². The van der Waals surface area contributed by atoms with Crippen LogP contribution in [0.2, 0.25) is 0 Å². The highest BCUT2D eigenvalue weighted by Crippen LogP contribution is 2.40. The van der Waals surface area contributed by atoms with Crippen molar-refractivity contribution in [2.75, 3.05) is 34.3 Å². The topological polar surface area (TPSA) is 103 Å². The largest absolute Gasteiger partial charge is 0.507 e. The highest BCUT2D eigenvalue weighted by atomic mass is 16.5. The maximum atomic E-state index is 13.1. The van der Waals surface area contributed by atoms with E-state index in [1.165, 1.54) is 12.0 Å². The van der Waals surface area contributed by atoms with Gasteiger partial charge in [-0.25, -0.2) is 4.79 Å². The van der Waals surface area contributed by atoms with E-state index >= 15 is 0 Å². The number of nitrogens with one attached hydrogen (secondary N) is 1. The van der Waals surface area contributed by atoms with Crippen LogP contribution in [-0.2, 0) is 14.3 Å². The summed E-state index contributed by atoms with van der Waals surface area (Å²) in [6.07, 6.45) is 0. The zero-order valence-corrected chi connectivity index (χ0v) is 18.4. The van der Waals surface area contributed by atoms with E-state index in [-0.39, 0.29) is 17.0 Å².